The number of aryl methyl sites for hydroxylation is 1. The van der Waals surface area contributed by atoms with E-state index in [4.69, 9.17) is 5.11 Å². The van der Waals surface area contributed by atoms with Crippen molar-refractivity contribution in [2.45, 2.75) is 19.4 Å². The summed E-state index contributed by atoms with van der Waals surface area (Å²) in [4.78, 5) is 0. The van der Waals surface area contributed by atoms with Gasteiger partial charge in [0.2, 0.25) is 0 Å². The molecule has 0 aromatic carbocycles. The zero-order chi connectivity index (χ0) is 9.52. The summed E-state index contributed by atoms with van der Waals surface area (Å²) in [6.07, 6.45) is 3.98. The lowest BCUT2D eigenvalue weighted by molar-refractivity contribution is 0.283. The summed E-state index contributed by atoms with van der Waals surface area (Å²) in [5.41, 5.74) is 1.30. The quantitative estimate of drug-likeness (QED) is 0.641. The van der Waals surface area contributed by atoms with Crippen LogP contribution in [-0.2, 0) is 13.6 Å². The Morgan fingerprint density at radius 1 is 1.46 bits per heavy atom. The van der Waals surface area contributed by atoms with Crippen molar-refractivity contribution >= 4 is 0 Å². The van der Waals surface area contributed by atoms with Crippen LogP contribution in [0, 0.1) is 0 Å². The van der Waals surface area contributed by atoms with Crippen molar-refractivity contribution in [3.8, 4) is 0 Å². The van der Waals surface area contributed by atoms with Crippen molar-refractivity contribution in [3.05, 3.63) is 24.0 Å². The van der Waals surface area contributed by atoms with Gasteiger partial charge in [-0.2, -0.15) is 0 Å². The molecule has 74 valence electrons. The highest BCUT2D eigenvalue weighted by atomic mass is 16.2. The molecular formula is C10H18N2O. The number of aliphatic hydroxyl groups is 1. The van der Waals surface area contributed by atoms with E-state index in [-0.39, 0.29) is 0 Å². The van der Waals surface area contributed by atoms with E-state index in [0.717, 1.165) is 25.9 Å². The molecule has 13 heavy (non-hydrogen) atoms. The van der Waals surface area contributed by atoms with Crippen molar-refractivity contribution in [1.82, 2.24) is 9.88 Å². The third-order valence-corrected chi connectivity index (χ3v) is 2.12. The van der Waals surface area contributed by atoms with Crippen LogP contribution < -0.4 is 5.32 Å². The molecule has 0 aliphatic rings. The first-order valence-corrected chi connectivity index (χ1v) is 4.76. The van der Waals surface area contributed by atoms with E-state index in [9.17, 15) is 0 Å². The number of nitrogens with one attached hydrogen (secondary N) is 1. The molecule has 0 radical (unpaired) electrons. The Morgan fingerprint density at radius 3 is 2.92 bits per heavy atom. The fraction of sp³-hybridized carbons (Fsp3) is 0.600. The Hall–Kier alpha value is -0.800. The van der Waals surface area contributed by atoms with Gasteiger partial charge >= 0.3 is 0 Å². The topological polar surface area (TPSA) is 37.2 Å². The van der Waals surface area contributed by atoms with E-state index in [1.165, 1.54) is 5.69 Å². The van der Waals surface area contributed by atoms with Crippen molar-refractivity contribution in [1.29, 1.82) is 0 Å². The van der Waals surface area contributed by atoms with Crippen molar-refractivity contribution in [3.63, 3.8) is 0 Å². The average Bonchev–Trinajstić information content (AvgIpc) is 2.52. The second-order valence-corrected chi connectivity index (χ2v) is 3.22. The van der Waals surface area contributed by atoms with Crippen LogP contribution in [0.25, 0.3) is 0 Å². The third kappa shape index (κ3) is 3.61. The minimum absolute atomic E-state index is 0.297. The van der Waals surface area contributed by atoms with Gasteiger partial charge in [-0.05, 0) is 31.5 Å². The van der Waals surface area contributed by atoms with Crippen LogP contribution in [0.2, 0.25) is 0 Å². The van der Waals surface area contributed by atoms with Crippen molar-refractivity contribution in [2.24, 2.45) is 7.05 Å². The molecule has 1 heterocycles. The van der Waals surface area contributed by atoms with Gasteiger partial charge in [0.1, 0.15) is 0 Å². The van der Waals surface area contributed by atoms with E-state index >= 15 is 0 Å². The van der Waals surface area contributed by atoms with Gasteiger partial charge in [0.05, 0.1) is 0 Å². The van der Waals surface area contributed by atoms with Crippen LogP contribution in [0.3, 0.4) is 0 Å². The molecule has 0 fully saturated rings. The Balaban J connectivity index is 2.10. The van der Waals surface area contributed by atoms with Gasteiger partial charge in [-0.1, -0.05) is 0 Å². The van der Waals surface area contributed by atoms with Crippen LogP contribution in [0.15, 0.2) is 18.3 Å². The van der Waals surface area contributed by atoms with Gasteiger partial charge in [-0.3, -0.25) is 0 Å². The highest BCUT2D eigenvalue weighted by molar-refractivity contribution is 5.05. The van der Waals surface area contributed by atoms with E-state index in [0.29, 0.717) is 6.61 Å². The molecule has 0 saturated carbocycles. The molecule has 0 aliphatic heterocycles. The molecule has 0 atom stereocenters. The van der Waals surface area contributed by atoms with Gasteiger partial charge in [0.15, 0.2) is 0 Å². The number of hydrogen-bond donors (Lipinski definition) is 2. The SMILES string of the molecule is Cn1cccc1CNCCCCO. The van der Waals surface area contributed by atoms with Crippen LogP contribution in [0.4, 0.5) is 0 Å². The lowest BCUT2D eigenvalue weighted by atomic mass is 10.3. The number of unbranched alkanes of at least 4 members (excludes halogenated alkanes) is 1. The standard InChI is InChI=1S/C10H18N2O/c1-12-7-4-5-10(12)9-11-6-2-3-8-13/h4-5,7,11,13H,2-3,6,8-9H2,1H3. The molecule has 0 unspecified atom stereocenters. The monoisotopic (exact) mass is 182 g/mol. The maximum atomic E-state index is 8.56. The highest BCUT2D eigenvalue weighted by Gasteiger charge is 1.94. The van der Waals surface area contributed by atoms with E-state index in [1.54, 1.807) is 0 Å². The summed E-state index contributed by atoms with van der Waals surface area (Å²) in [6, 6.07) is 4.16. The molecule has 0 bridgehead atoms. The van der Waals surface area contributed by atoms with Crippen LogP contribution in [0.1, 0.15) is 18.5 Å². The van der Waals surface area contributed by atoms with Crippen LogP contribution >= 0.6 is 0 Å². The normalized spacial score (nSPS) is 10.6. The fourth-order valence-electron chi connectivity index (χ4n) is 1.26. The minimum atomic E-state index is 0.297. The molecule has 0 saturated heterocycles. The summed E-state index contributed by atoms with van der Waals surface area (Å²) in [5, 5.41) is 11.9. The maximum absolute atomic E-state index is 8.56. The Labute approximate surface area is 79.4 Å². The number of hydrogen-bond acceptors (Lipinski definition) is 2. The lowest BCUT2D eigenvalue weighted by Gasteiger charge is -2.05. The van der Waals surface area contributed by atoms with Gasteiger partial charge in [0, 0.05) is 32.1 Å². The summed E-state index contributed by atoms with van der Waals surface area (Å²) >= 11 is 0. The summed E-state index contributed by atoms with van der Waals surface area (Å²) < 4.78 is 2.11. The van der Waals surface area contributed by atoms with Crippen LogP contribution in [-0.4, -0.2) is 22.8 Å². The Bertz CT molecular complexity index is 233. The zero-order valence-corrected chi connectivity index (χ0v) is 8.16. The molecule has 1 aromatic heterocycles. The molecule has 0 spiro atoms. The largest absolute Gasteiger partial charge is 0.396 e. The predicted octanol–water partition coefficient (Wildman–Crippen LogP) is 0.887. The number of rotatable bonds is 6. The Kier molecular flexibility index (Phi) is 4.57. The molecule has 3 nitrogen and oxygen atoms in total. The summed E-state index contributed by atoms with van der Waals surface area (Å²) in [5.74, 6) is 0. The van der Waals surface area contributed by atoms with Crippen molar-refractivity contribution < 1.29 is 5.11 Å². The van der Waals surface area contributed by atoms with Crippen molar-refractivity contribution in [2.75, 3.05) is 13.2 Å². The molecule has 1 rings (SSSR count). The van der Waals surface area contributed by atoms with Gasteiger partial charge in [-0.15, -0.1) is 0 Å². The fourth-order valence-corrected chi connectivity index (χ4v) is 1.26. The lowest BCUT2D eigenvalue weighted by Crippen LogP contribution is -2.16. The highest BCUT2D eigenvalue weighted by Crippen LogP contribution is 1.98. The average molecular weight is 182 g/mol. The van der Waals surface area contributed by atoms with Crippen LogP contribution in [0.5, 0.6) is 0 Å². The van der Waals surface area contributed by atoms with Gasteiger partial charge < -0.3 is 15.0 Å². The molecule has 1 aromatic rings. The molecule has 2 N–H and O–H groups in total. The smallest absolute Gasteiger partial charge is 0.0431 e. The first-order chi connectivity index (χ1) is 6.34. The summed E-state index contributed by atoms with van der Waals surface area (Å²) in [7, 11) is 2.05. The molecule has 0 aliphatic carbocycles. The zero-order valence-electron chi connectivity index (χ0n) is 8.16. The first kappa shape index (κ1) is 10.3. The number of aliphatic hydroxyl groups excluding tert-OH is 1. The van der Waals surface area contributed by atoms with E-state index in [2.05, 4.69) is 16.0 Å². The van der Waals surface area contributed by atoms with E-state index < -0.39 is 0 Å². The summed E-state index contributed by atoms with van der Waals surface area (Å²) in [6.45, 7) is 2.19. The second-order valence-electron chi connectivity index (χ2n) is 3.22. The van der Waals surface area contributed by atoms with Gasteiger partial charge in [-0.25, -0.2) is 0 Å². The first-order valence-electron chi connectivity index (χ1n) is 4.76. The van der Waals surface area contributed by atoms with Gasteiger partial charge in [0.25, 0.3) is 0 Å². The Morgan fingerprint density at radius 2 is 2.31 bits per heavy atom. The minimum Gasteiger partial charge on any atom is -0.396 e. The molecular weight excluding hydrogens is 164 g/mol. The predicted molar refractivity (Wildman–Crippen MR) is 53.4 cm³/mol. The number of nitrogens with zero attached hydrogens (tertiary/aromatic N) is 1. The second kappa shape index (κ2) is 5.78. The third-order valence-electron chi connectivity index (χ3n) is 2.12. The molecule has 3 heteroatoms. The molecule has 0 amide bonds. The van der Waals surface area contributed by atoms with E-state index in [1.807, 2.05) is 19.3 Å². The number of aromatic nitrogens is 1. The maximum Gasteiger partial charge on any atom is 0.0431 e.